The summed E-state index contributed by atoms with van der Waals surface area (Å²) in [7, 11) is 0. The van der Waals surface area contributed by atoms with E-state index in [-0.39, 0.29) is 5.91 Å². The Balaban J connectivity index is 1.17. The number of rotatable bonds is 5. The van der Waals surface area contributed by atoms with Crippen LogP contribution < -0.4 is 11.1 Å². The number of amides is 2. The van der Waals surface area contributed by atoms with Crippen LogP contribution in [-0.2, 0) is 16.1 Å². The van der Waals surface area contributed by atoms with Crippen molar-refractivity contribution in [1.29, 1.82) is 0 Å². The Labute approximate surface area is 172 Å². The molecule has 1 aromatic carbocycles. The number of ether oxygens (including phenoxy) is 1. The third kappa shape index (κ3) is 3.92. The number of carbonyl (C=O) groups is 2. The van der Waals surface area contributed by atoms with Crippen LogP contribution in [0, 0.1) is 23.7 Å². The minimum Gasteiger partial charge on any atom is -0.366 e. The molecule has 4 bridgehead atoms. The van der Waals surface area contributed by atoms with E-state index in [4.69, 9.17) is 10.5 Å². The molecule has 1 atom stereocenters. The van der Waals surface area contributed by atoms with Gasteiger partial charge in [0.25, 0.3) is 5.91 Å². The highest BCUT2D eigenvalue weighted by Gasteiger charge is 2.49. The predicted octanol–water partition coefficient (Wildman–Crippen LogP) is 1.93. The van der Waals surface area contributed by atoms with Gasteiger partial charge in [0.05, 0.1) is 6.61 Å². The zero-order chi connectivity index (χ0) is 20.0. The van der Waals surface area contributed by atoms with E-state index < -0.39 is 12.0 Å². The van der Waals surface area contributed by atoms with Crippen molar-refractivity contribution in [1.82, 2.24) is 10.2 Å². The van der Waals surface area contributed by atoms with Gasteiger partial charge in [0.1, 0.15) is 6.10 Å². The van der Waals surface area contributed by atoms with Crippen LogP contribution in [0.25, 0.3) is 0 Å². The molecular formula is C23H31N3O3. The van der Waals surface area contributed by atoms with Gasteiger partial charge in [-0.05, 0) is 73.5 Å². The molecule has 6 rings (SSSR count). The van der Waals surface area contributed by atoms with E-state index in [1.165, 1.54) is 32.1 Å². The van der Waals surface area contributed by atoms with E-state index in [1.807, 2.05) is 12.1 Å². The van der Waals surface area contributed by atoms with Gasteiger partial charge in [-0.2, -0.15) is 0 Å². The Morgan fingerprint density at radius 3 is 2.31 bits per heavy atom. The number of nitrogens with two attached hydrogens (primary N) is 1. The molecule has 0 aromatic heterocycles. The number of nitrogens with one attached hydrogen (secondary N) is 1. The van der Waals surface area contributed by atoms with Crippen molar-refractivity contribution in [3.63, 3.8) is 0 Å². The third-order valence-electron chi connectivity index (χ3n) is 7.62. The first-order valence-electron chi connectivity index (χ1n) is 11.1. The number of morpholine rings is 1. The first kappa shape index (κ1) is 19.1. The highest BCUT2D eigenvalue weighted by molar-refractivity contribution is 5.92. The fourth-order valence-electron chi connectivity index (χ4n) is 6.46. The summed E-state index contributed by atoms with van der Waals surface area (Å²) in [6, 6.07) is 7.73. The average molecular weight is 398 g/mol. The van der Waals surface area contributed by atoms with Crippen molar-refractivity contribution in [2.24, 2.45) is 29.4 Å². The Morgan fingerprint density at radius 1 is 1.03 bits per heavy atom. The predicted molar refractivity (Wildman–Crippen MR) is 109 cm³/mol. The van der Waals surface area contributed by atoms with Gasteiger partial charge in [-0.1, -0.05) is 12.1 Å². The summed E-state index contributed by atoms with van der Waals surface area (Å²) in [4.78, 5) is 26.5. The summed E-state index contributed by atoms with van der Waals surface area (Å²) >= 11 is 0. The molecule has 29 heavy (non-hydrogen) atoms. The van der Waals surface area contributed by atoms with Crippen LogP contribution >= 0.6 is 0 Å². The van der Waals surface area contributed by atoms with Crippen molar-refractivity contribution in [2.75, 3.05) is 19.7 Å². The second-order valence-electron chi connectivity index (χ2n) is 9.62. The summed E-state index contributed by atoms with van der Waals surface area (Å²) in [5, 5.41) is 3.39. The SMILES string of the molecule is NC(=O)c1ccc(CN2CCOC(C(=O)NC3C4CC5CC(C4)CC3C5)C2)cc1. The second-order valence-corrected chi connectivity index (χ2v) is 9.62. The Bertz CT molecular complexity index is 750. The molecule has 5 fully saturated rings. The third-order valence-corrected chi connectivity index (χ3v) is 7.62. The van der Waals surface area contributed by atoms with E-state index >= 15 is 0 Å². The zero-order valence-electron chi connectivity index (χ0n) is 16.9. The fraction of sp³-hybridized carbons (Fsp3) is 0.652. The standard InChI is InChI=1S/C23H31N3O3/c24-22(27)17-3-1-14(2-4-17)12-26-5-6-29-20(13-26)23(28)25-21-18-8-15-7-16(10-18)11-19(21)9-15/h1-4,15-16,18-21H,5-13H2,(H2,24,27)(H,25,28). The van der Waals surface area contributed by atoms with Gasteiger partial charge in [-0.25, -0.2) is 0 Å². The molecule has 1 unspecified atom stereocenters. The number of hydrogen-bond donors (Lipinski definition) is 2. The molecule has 6 nitrogen and oxygen atoms in total. The number of hydrogen-bond acceptors (Lipinski definition) is 4. The zero-order valence-corrected chi connectivity index (χ0v) is 16.9. The van der Waals surface area contributed by atoms with Crippen molar-refractivity contribution in [2.45, 2.75) is 50.8 Å². The summed E-state index contributed by atoms with van der Waals surface area (Å²) < 4.78 is 5.84. The largest absolute Gasteiger partial charge is 0.366 e. The highest BCUT2D eigenvalue weighted by atomic mass is 16.5. The Kier molecular flexibility index (Phi) is 5.08. The molecule has 3 N–H and O–H groups in total. The van der Waals surface area contributed by atoms with Crippen LogP contribution in [0.1, 0.15) is 48.0 Å². The summed E-state index contributed by atoms with van der Waals surface area (Å²) in [6.07, 6.45) is 6.24. The lowest BCUT2D eigenvalue weighted by Crippen LogP contribution is -2.59. The molecule has 0 spiro atoms. The van der Waals surface area contributed by atoms with Crippen LogP contribution in [-0.4, -0.2) is 48.6 Å². The van der Waals surface area contributed by atoms with Gasteiger partial charge in [-0.15, -0.1) is 0 Å². The highest BCUT2D eigenvalue weighted by Crippen LogP contribution is 2.53. The second kappa shape index (κ2) is 7.73. The average Bonchev–Trinajstić information content (AvgIpc) is 2.70. The van der Waals surface area contributed by atoms with E-state index in [0.717, 1.165) is 30.5 Å². The number of nitrogens with zero attached hydrogens (tertiary/aromatic N) is 1. The van der Waals surface area contributed by atoms with Crippen LogP contribution in [0.5, 0.6) is 0 Å². The van der Waals surface area contributed by atoms with Crippen molar-refractivity contribution < 1.29 is 14.3 Å². The number of carbonyl (C=O) groups excluding carboxylic acids is 2. The summed E-state index contributed by atoms with van der Waals surface area (Å²) in [6.45, 7) is 2.72. The maximum atomic E-state index is 13.0. The lowest BCUT2D eigenvalue weighted by atomic mass is 9.54. The molecule has 4 saturated carbocycles. The molecular weight excluding hydrogens is 366 g/mol. The molecule has 2 amide bonds. The van der Waals surface area contributed by atoms with E-state index in [1.54, 1.807) is 12.1 Å². The number of benzene rings is 1. The van der Waals surface area contributed by atoms with Crippen molar-refractivity contribution >= 4 is 11.8 Å². The van der Waals surface area contributed by atoms with Crippen LogP contribution in [0.15, 0.2) is 24.3 Å². The van der Waals surface area contributed by atoms with Gasteiger partial charge in [0.2, 0.25) is 5.91 Å². The normalized spacial score (nSPS) is 36.1. The Hall–Kier alpha value is -1.92. The van der Waals surface area contributed by atoms with Crippen molar-refractivity contribution in [3.8, 4) is 0 Å². The molecule has 1 aliphatic heterocycles. The maximum absolute atomic E-state index is 13.0. The molecule has 0 radical (unpaired) electrons. The van der Waals surface area contributed by atoms with Gasteiger partial charge in [0, 0.05) is 31.2 Å². The number of primary amides is 1. The maximum Gasteiger partial charge on any atom is 0.250 e. The molecule has 1 heterocycles. The van der Waals surface area contributed by atoms with Crippen LogP contribution in [0.2, 0.25) is 0 Å². The van der Waals surface area contributed by atoms with E-state index in [9.17, 15) is 9.59 Å². The first-order chi connectivity index (χ1) is 14.0. The lowest BCUT2D eigenvalue weighted by molar-refractivity contribution is -0.142. The summed E-state index contributed by atoms with van der Waals surface area (Å²) in [5.74, 6) is 2.83. The van der Waals surface area contributed by atoms with Gasteiger partial charge >= 0.3 is 0 Å². The lowest BCUT2D eigenvalue weighted by Gasteiger charge is -2.54. The molecule has 6 heteroatoms. The molecule has 1 saturated heterocycles. The van der Waals surface area contributed by atoms with Gasteiger partial charge < -0.3 is 15.8 Å². The van der Waals surface area contributed by atoms with Crippen LogP contribution in [0.4, 0.5) is 0 Å². The van der Waals surface area contributed by atoms with Gasteiger partial charge in [0.15, 0.2) is 0 Å². The Morgan fingerprint density at radius 2 is 1.69 bits per heavy atom. The fourth-order valence-corrected chi connectivity index (χ4v) is 6.46. The molecule has 156 valence electrons. The quantitative estimate of drug-likeness (QED) is 0.795. The van der Waals surface area contributed by atoms with E-state index in [2.05, 4.69) is 10.2 Å². The van der Waals surface area contributed by atoms with Crippen LogP contribution in [0.3, 0.4) is 0 Å². The monoisotopic (exact) mass is 397 g/mol. The molecule has 1 aromatic rings. The van der Waals surface area contributed by atoms with Gasteiger partial charge in [-0.3, -0.25) is 14.5 Å². The first-order valence-corrected chi connectivity index (χ1v) is 11.1. The van der Waals surface area contributed by atoms with E-state index in [0.29, 0.717) is 36.6 Å². The smallest absolute Gasteiger partial charge is 0.250 e. The van der Waals surface area contributed by atoms with Crippen molar-refractivity contribution in [3.05, 3.63) is 35.4 Å². The topological polar surface area (TPSA) is 84.7 Å². The molecule has 5 aliphatic rings. The summed E-state index contributed by atoms with van der Waals surface area (Å²) in [5.41, 5.74) is 6.94. The minimum atomic E-state index is -0.413. The minimum absolute atomic E-state index is 0.0660. The molecule has 4 aliphatic carbocycles.